The average Bonchev–Trinajstić information content (AvgIpc) is 3.25. The largest absolute Gasteiger partial charge is 0.453 e. The maximum atomic E-state index is 12.3. The highest BCUT2D eigenvalue weighted by Gasteiger charge is 2.31. The van der Waals surface area contributed by atoms with Gasteiger partial charge >= 0.3 is 5.97 Å². The summed E-state index contributed by atoms with van der Waals surface area (Å²) < 4.78 is 5.30. The van der Waals surface area contributed by atoms with Crippen molar-refractivity contribution >= 4 is 17.6 Å². The molecule has 0 spiro atoms. The first-order valence-corrected chi connectivity index (χ1v) is 7.90. The molecule has 1 aromatic heterocycles. The molecule has 2 aromatic carbocycles. The van der Waals surface area contributed by atoms with Crippen molar-refractivity contribution < 1.29 is 14.3 Å². The predicted molar refractivity (Wildman–Crippen MR) is 91.9 cm³/mol. The second kappa shape index (κ2) is 6.24. The van der Waals surface area contributed by atoms with E-state index in [4.69, 9.17) is 4.74 Å². The number of anilines is 1. The molecule has 2 heterocycles. The quantitative estimate of drug-likeness (QED) is 0.717. The van der Waals surface area contributed by atoms with Crippen molar-refractivity contribution in [2.75, 3.05) is 5.32 Å². The number of fused-ring (bicyclic) bond motifs is 1. The van der Waals surface area contributed by atoms with E-state index >= 15 is 0 Å². The van der Waals surface area contributed by atoms with E-state index in [1.807, 2.05) is 42.5 Å². The first-order valence-electron chi connectivity index (χ1n) is 7.90. The summed E-state index contributed by atoms with van der Waals surface area (Å²) in [6, 6.07) is 16.5. The van der Waals surface area contributed by atoms with Gasteiger partial charge in [-0.15, -0.1) is 0 Å². The van der Waals surface area contributed by atoms with Gasteiger partial charge in [0.1, 0.15) is 6.10 Å². The third-order valence-electron chi connectivity index (χ3n) is 4.13. The van der Waals surface area contributed by atoms with Crippen molar-refractivity contribution in [3.63, 3.8) is 0 Å². The first kappa shape index (κ1) is 15.1. The van der Waals surface area contributed by atoms with E-state index in [1.165, 1.54) is 0 Å². The number of hydrogen-bond donors (Lipinski definition) is 2. The summed E-state index contributed by atoms with van der Waals surface area (Å²) in [4.78, 5) is 24.1. The topological polar surface area (TPSA) is 84.1 Å². The molecule has 1 unspecified atom stereocenters. The highest BCUT2D eigenvalue weighted by molar-refractivity contribution is 5.96. The normalized spacial score (nSPS) is 15.5. The van der Waals surface area contributed by atoms with Crippen LogP contribution in [0.5, 0.6) is 0 Å². The minimum atomic E-state index is -0.534. The molecule has 124 valence electrons. The van der Waals surface area contributed by atoms with E-state index in [0.717, 1.165) is 16.8 Å². The Morgan fingerprint density at radius 1 is 1.12 bits per heavy atom. The molecule has 3 aromatic rings. The molecule has 0 saturated carbocycles. The summed E-state index contributed by atoms with van der Waals surface area (Å²) in [5.41, 5.74) is 3.87. The molecule has 25 heavy (non-hydrogen) atoms. The molecule has 1 amide bonds. The van der Waals surface area contributed by atoms with Gasteiger partial charge < -0.3 is 10.1 Å². The standard InChI is InChI=1S/C19H15N3O3/c23-18(11-17-14-3-1-2-4-15(14)19(24)25-17)21-13-7-5-12(6-8-13)16-9-10-20-22-16/h1-10,17H,11H2,(H,20,22)(H,21,23). The Labute approximate surface area is 143 Å². The lowest BCUT2D eigenvalue weighted by Crippen LogP contribution is -2.15. The van der Waals surface area contributed by atoms with Crippen molar-refractivity contribution in [3.8, 4) is 11.3 Å². The number of amides is 1. The van der Waals surface area contributed by atoms with Crippen LogP contribution in [0.3, 0.4) is 0 Å². The van der Waals surface area contributed by atoms with Gasteiger partial charge in [0, 0.05) is 17.4 Å². The van der Waals surface area contributed by atoms with E-state index < -0.39 is 6.10 Å². The number of nitrogens with zero attached hydrogens (tertiary/aromatic N) is 1. The third kappa shape index (κ3) is 3.01. The number of rotatable bonds is 4. The number of esters is 1. The number of ether oxygens (including phenoxy) is 1. The van der Waals surface area contributed by atoms with E-state index in [-0.39, 0.29) is 18.3 Å². The maximum absolute atomic E-state index is 12.3. The van der Waals surface area contributed by atoms with Crippen LogP contribution in [0.1, 0.15) is 28.4 Å². The Bertz CT molecular complexity index is 917. The molecular formula is C19H15N3O3. The minimum absolute atomic E-state index is 0.0883. The second-order valence-electron chi connectivity index (χ2n) is 5.78. The summed E-state index contributed by atoms with van der Waals surface area (Å²) in [5, 5.41) is 9.64. The predicted octanol–water partition coefficient (Wildman–Crippen LogP) is 3.32. The van der Waals surface area contributed by atoms with Gasteiger partial charge in [-0.1, -0.05) is 30.3 Å². The lowest BCUT2D eigenvalue weighted by atomic mass is 10.0. The van der Waals surface area contributed by atoms with Gasteiger partial charge in [0.25, 0.3) is 0 Å². The van der Waals surface area contributed by atoms with E-state index in [0.29, 0.717) is 11.3 Å². The van der Waals surface area contributed by atoms with Crippen molar-refractivity contribution in [1.82, 2.24) is 10.2 Å². The summed E-state index contributed by atoms with van der Waals surface area (Å²) in [7, 11) is 0. The number of nitrogens with one attached hydrogen (secondary N) is 2. The Hall–Kier alpha value is -3.41. The minimum Gasteiger partial charge on any atom is -0.453 e. The molecule has 0 saturated heterocycles. The Morgan fingerprint density at radius 2 is 1.92 bits per heavy atom. The first-order chi connectivity index (χ1) is 12.2. The zero-order valence-electron chi connectivity index (χ0n) is 13.2. The zero-order chi connectivity index (χ0) is 17.2. The van der Waals surface area contributed by atoms with Gasteiger partial charge in [0.15, 0.2) is 0 Å². The van der Waals surface area contributed by atoms with E-state index in [2.05, 4.69) is 15.5 Å². The molecule has 0 radical (unpaired) electrons. The van der Waals surface area contributed by atoms with Crippen LogP contribution in [-0.2, 0) is 9.53 Å². The second-order valence-corrected chi connectivity index (χ2v) is 5.78. The smallest absolute Gasteiger partial charge is 0.339 e. The van der Waals surface area contributed by atoms with Crippen LogP contribution in [-0.4, -0.2) is 22.1 Å². The fraction of sp³-hybridized carbons (Fsp3) is 0.105. The van der Waals surface area contributed by atoms with Crippen LogP contribution in [0.4, 0.5) is 5.69 Å². The molecule has 1 aliphatic rings. The maximum Gasteiger partial charge on any atom is 0.339 e. The van der Waals surface area contributed by atoms with Crippen molar-refractivity contribution in [2.24, 2.45) is 0 Å². The van der Waals surface area contributed by atoms with E-state index in [1.54, 1.807) is 18.3 Å². The van der Waals surface area contributed by atoms with Gasteiger partial charge in [-0.25, -0.2) is 4.79 Å². The lowest BCUT2D eigenvalue weighted by molar-refractivity contribution is -0.118. The number of aromatic nitrogens is 2. The Morgan fingerprint density at radius 3 is 2.68 bits per heavy atom. The van der Waals surface area contributed by atoms with Crippen molar-refractivity contribution in [2.45, 2.75) is 12.5 Å². The van der Waals surface area contributed by atoms with Crippen LogP contribution < -0.4 is 5.32 Å². The van der Waals surface area contributed by atoms with Gasteiger partial charge in [-0.05, 0) is 29.8 Å². The highest BCUT2D eigenvalue weighted by Crippen LogP contribution is 2.33. The molecule has 2 N–H and O–H groups in total. The molecule has 1 aliphatic heterocycles. The molecular weight excluding hydrogens is 318 g/mol. The van der Waals surface area contributed by atoms with Crippen molar-refractivity contribution in [3.05, 3.63) is 71.9 Å². The molecule has 1 atom stereocenters. The van der Waals surface area contributed by atoms with Gasteiger partial charge in [0.05, 0.1) is 17.7 Å². The number of carbonyl (C=O) groups excluding carboxylic acids is 2. The van der Waals surface area contributed by atoms with Gasteiger partial charge in [0.2, 0.25) is 5.91 Å². The van der Waals surface area contributed by atoms with Crippen LogP contribution in [0.2, 0.25) is 0 Å². The van der Waals surface area contributed by atoms with Crippen LogP contribution >= 0.6 is 0 Å². The van der Waals surface area contributed by atoms with E-state index in [9.17, 15) is 9.59 Å². The number of benzene rings is 2. The number of cyclic esters (lactones) is 1. The number of aromatic amines is 1. The third-order valence-corrected chi connectivity index (χ3v) is 4.13. The number of hydrogen-bond acceptors (Lipinski definition) is 4. The van der Waals surface area contributed by atoms with Gasteiger partial charge in [-0.3, -0.25) is 9.89 Å². The van der Waals surface area contributed by atoms with Crippen molar-refractivity contribution in [1.29, 1.82) is 0 Å². The fourth-order valence-corrected chi connectivity index (χ4v) is 2.90. The Balaban J connectivity index is 1.42. The molecule has 6 heteroatoms. The number of H-pyrrole nitrogens is 1. The molecule has 0 bridgehead atoms. The molecule has 6 nitrogen and oxygen atoms in total. The number of carbonyl (C=O) groups is 2. The summed E-state index contributed by atoms with van der Waals surface area (Å²) in [6.45, 7) is 0. The summed E-state index contributed by atoms with van der Waals surface area (Å²) >= 11 is 0. The molecule has 4 rings (SSSR count). The van der Waals surface area contributed by atoms with Crippen LogP contribution in [0.25, 0.3) is 11.3 Å². The Kier molecular flexibility index (Phi) is 3.78. The lowest BCUT2D eigenvalue weighted by Gasteiger charge is -2.11. The van der Waals surface area contributed by atoms with Crippen LogP contribution in [0, 0.1) is 0 Å². The zero-order valence-corrected chi connectivity index (χ0v) is 13.2. The summed E-state index contributed by atoms with van der Waals surface area (Å²) in [5.74, 6) is -0.582. The van der Waals surface area contributed by atoms with Crippen LogP contribution in [0.15, 0.2) is 60.8 Å². The fourth-order valence-electron chi connectivity index (χ4n) is 2.90. The monoisotopic (exact) mass is 333 g/mol. The highest BCUT2D eigenvalue weighted by atomic mass is 16.5. The molecule has 0 fully saturated rings. The van der Waals surface area contributed by atoms with Gasteiger partial charge in [-0.2, -0.15) is 5.10 Å². The molecule has 0 aliphatic carbocycles. The SMILES string of the molecule is O=C(CC1OC(=O)c2ccccc21)Nc1ccc(-c2ccn[nH]2)cc1. The summed E-state index contributed by atoms with van der Waals surface area (Å²) in [6.07, 6.45) is 1.24. The average molecular weight is 333 g/mol.